The minimum atomic E-state index is 0.459. The van der Waals surface area contributed by atoms with Crippen molar-refractivity contribution in [3.05, 3.63) is 36.5 Å². The molecule has 1 aliphatic rings. The van der Waals surface area contributed by atoms with Gasteiger partial charge in [-0.15, -0.1) is 0 Å². The molecule has 2 aromatic rings. The van der Waals surface area contributed by atoms with Crippen LogP contribution < -0.4 is 5.32 Å². The van der Waals surface area contributed by atoms with Gasteiger partial charge in [0.05, 0.1) is 11.7 Å². The van der Waals surface area contributed by atoms with Gasteiger partial charge in [0, 0.05) is 31.0 Å². The van der Waals surface area contributed by atoms with Gasteiger partial charge in [0.2, 0.25) is 0 Å². The normalized spacial score (nSPS) is 24.2. The van der Waals surface area contributed by atoms with E-state index in [1.54, 1.807) is 6.26 Å². The van der Waals surface area contributed by atoms with Gasteiger partial charge in [-0.3, -0.25) is 4.68 Å². The van der Waals surface area contributed by atoms with Gasteiger partial charge in [-0.05, 0) is 18.9 Å². The largest absolute Gasteiger partial charge is 0.364 e. The van der Waals surface area contributed by atoms with Crippen LogP contribution in [0.3, 0.4) is 0 Å². The molecule has 2 atom stereocenters. The van der Waals surface area contributed by atoms with Crippen molar-refractivity contribution in [2.24, 2.45) is 0 Å². The summed E-state index contributed by atoms with van der Waals surface area (Å²) in [5.74, 6) is 0. The first-order valence-electron chi connectivity index (χ1n) is 6.55. The molecule has 0 aliphatic heterocycles. The van der Waals surface area contributed by atoms with Crippen molar-refractivity contribution in [1.29, 1.82) is 0 Å². The van der Waals surface area contributed by atoms with Gasteiger partial charge in [0.15, 0.2) is 0 Å². The zero-order chi connectivity index (χ0) is 12.2. The van der Waals surface area contributed by atoms with Gasteiger partial charge in [-0.25, -0.2) is 0 Å². The van der Waals surface area contributed by atoms with Crippen LogP contribution in [0.1, 0.15) is 37.4 Å². The average Bonchev–Trinajstić information content (AvgIpc) is 3.10. The van der Waals surface area contributed by atoms with Gasteiger partial charge in [0.25, 0.3) is 0 Å². The quantitative estimate of drug-likeness (QED) is 0.898. The highest BCUT2D eigenvalue weighted by molar-refractivity contribution is 4.96. The maximum absolute atomic E-state index is 4.85. The highest BCUT2D eigenvalue weighted by Crippen LogP contribution is 2.28. The summed E-state index contributed by atoms with van der Waals surface area (Å²) in [5, 5.41) is 11.9. The van der Waals surface area contributed by atoms with E-state index in [9.17, 15) is 0 Å². The summed E-state index contributed by atoms with van der Waals surface area (Å²) in [6.07, 6.45) is 10.5. The summed E-state index contributed by atoms with van der Waals surface area (Å²) < 4.78 is 6.93. The standard InChI is InChI=1S/C13H18N4O/c1-2-5-13(17-8-3-7-15-17)12(4-1)14-10-11-6-9-18-16-11/h3,6-9,12-14H,1-2,4-5,10H2/t12-,13-/m1/s1. The Labute approximate surface area is 106 Å². The summed E-state index contributed by atoms with van der Waals surface area (Å²) in [6, 6.07) is 4.82. The molecule has 0 unspecified atom stereocenters. The summed E-state index contributed by atoms with van der Waals surface area (Å²) in [6.45, 7) is 0.763. The fraction of sp³-hybridized carbons (Fsp3) is 0.538. The van der Waals surface area contributed by atoms with Gasteiger partial charge in [-0.2, -0.15) is 5.10 Å². The predicted molar refractivity (Wildman–Crippen MR) is 66.9 cm³/mol. The molecular formula is C13H18N4O. The van der Waals surface area contributed by atoms with E-state index in [0.29, 0.717) is 12.1 Å². The van der Waals surface area contributed by atoms with Crippen LogP contribution >= 0.6 is 0 Å². The molecule has 1 saturated carbocycles. The maximum atomic E-state index is 4.85. The molecule has 1 fully saturated rings. The van der Waals surface area contributed by atoms with E-state index >= 15 is 0 Å². The molecule has 0 spiro atoms. The molecule has 1 N–H and O–H groups in total. The van der Waals surface area contributed by atoms with E-state index in [-0.39, 0.29) is 0 Å². The molecule has 2 heterocycles. The Morgan fingerprint density at radius 2 is 2.33 bits per heavy atom. The Balaban J connectivity index is 1.65. The molecule has 0 aromatic carbocycles. The van der Waals surface area contributed by atoms with E-state index < -0.39 is 0 Å². The van der Waals surface area contributed by atoms with Crippen LogP contribution in [0.4, 0.5) is 0 Å². The monoisotopic (exact) mass is 246 g/mol. The lowest BCUT2D eigenvalue weighted by Crippen LogP contribution is -2.39. The minimum absolute atomic E-state index is 0.459. The Bertz CT molecular complexity index is 451. The van der Waals surface area contributed by atoms with Gasteiger partial charge in [-0.1, -0.05) is 18.0 Å². The molecule has 2 aromatic heterocycles. The van der Waals surface area contributed by atoms with Crippen LogP contribution in [-0.4, -0.2) is 21.0 Å². The second kappa shape index (κ2) is 5.35. The molecular weight excluding hydrogens is 228 g/mol. The fourth-order valence-electron chi connectivity index (χ4n) is 2.71. The van der Waals surface area contributed by atoms with E-state index in [0.717, 1.165) is 12.2 Å². The van der Waals surface area contributed by atoms with Crippen molar-refractivity contribution in [2.45, 2.75) is 44.3 Å². The summed E-state index contributed by atoms with van der Waals surface area (Å²) in [7, 11) is 0. The smallest absolute Gasteiger partial charge is 0.124 e. The van der Waals surface area contributed by atoms with Crippen LogP contribution in [0.25, 0.3) is 0 Å². The molecule has 5 heteroatoms. The summed E-state index contributed by atoms with van der Waals surface area (Å²) >= 11 is 0. The zero-order valence-electron chi connectivity index (χ0n) is 10.3. The summed E-state index contributed by atoms with van der Waals surface area (Å²) in [5.41, 5.74) is 0.958. The molecule has 0 amide bonds. The Morgan fingerprint density at radius 3 is 3.11 bits per heavy atom. The van der Waals surface area contributed by atoms with Crippen LogP contribution in [0, 0.1) is 0 Å². The fourth-order valence-corrected chi connectivity index (χ4v) is 2.71. The highest BCUT2D eigenvalue weighted by atomic mass is 16.5. The van der Waals surface area contributed by atoms with Crippen LogP contribution in [0.2, 0.25) is 0 Å². The molecule has 0 bridgehead atoms. The molecule has 3 rings (SSSR count). The molecule has 96 valence electrons. The first-order valence-corrected chi connectivity index (χ1v) is 6.55. The highest BCUT2D eigenvalue weighted by Gasteiger charge is 2.26. The minimum Gasteiger partial charge on any atom is -0.364 e. The zero-order valence-corrected chi connectivity index (χ0v) is 10.3. The van der Waals surface area contributed by atoms with Crippen molar-refractivity contribution in [3.8, 4) is 0 Å². The van der Waals surface area contributed by atoms with Gasteiger partial charge in [0.1, 0.15) is 6.26 Å². The number of nitrogens with zero attached hydrogens (tertiary/aromatic N) is 3. The second-order valence-electron chi connectivity index (χ2n) is 4.82. The van der Waals surface area contributed by atoms with Crippen LogP contribution in [0.15, 0.2) is 35.3 Å². The lowest BCUT2D eigenvalue weighted by atomic mass is 9.90. The average molecular weight is 246 g/mol. The van der Waals surface area contributed by atoms with Crippen molar-refractivity contribution >= 4 is 0 Å². The Kier molecular flexibility index (Phi) is 3.41. The summed E-state index contributed by atoms with van der Waals surface area (Å²) in [4.78, 5) is 0. The molecule has 5 nitrogen and oxygen atoms in total. The topological polar surface area (TPSA) is 55.9 Å². The third-order valence-corrected chi connectivity index (χ3v) is 3.63. The first-order chi connectivity index (χ1) is 8.93. The van der Waals surface area contributed by atoms with E-state index in [2.05, 4.69) is 26.5 Å². The number of aromatic nitrogens is 3. The van der Waals surface area contributed by atoms with Crippen LogP contribution in [0.5, 0.6) is 0 Å². The molecule has 0 radical (unpaired) electrons. The lowest BCUT2D eigenvalue weighted by molar-refractivity contribution is 0.244. The molecule has 18 heavy (non-hydrogen) atoms. The predicted octanol–water partition coefficient (Wildman–Crippen LogP) is 2.14. The number of hydrogen-bond acceptors (Lipinski definition) is 4. The molecule has 1 aliphatic carbocycles. The lowest BCUT2D eigenvalue weighted by Gasteiger charge is -2.32. The van der Waals surface area contributed by atoms with Gasteiger partial charge < -0.3 is 9.84 Å². The van der Waals surface area contributed by atoms with Crippen molar-refractivity contribution in [3.63, 3.8) is 0 Å². The third kappa shape index (κ3) is 2.46. The van der Waals surface area contributed by atoms with Crippen LogP contribution in [-0.2, 0) is 6.54 Å². The maximum Gasteiger partial charge on any atom is 0.124 e. The Hall–Kier alpha value is -1.62. The SMILES string of the molecule is c1cnn([C@@H]2CCCC[C@H]2NCc2ccon2)c1. The number of nitrogens with one attached hydrogen (secondary N) is 1. The second-order valence-corrected chi connectivity index (χ2v) is 4.82. The van der Waals surface area contributed by atoms with E-state index in [1.165, 1.54) is 25.7 Å². The van der Waals surface area contributed by atoms with E-state index in [4.69, 9.17) is 4.52 Å². The van der Waals surface area contributed by atoms with Crippen molar-refractivity contribution in [1.82, 2.24) is 20.3 Å². The first kappa shape index (κ1) is 11.5. The third-order valence-electron chi connectivity index (χ3n) is 3.63. The van der Waals surface area contributed by atoms with E-state index in [1.807, 2.05) is 18.3 Å². The number of hydrogen-bond donors (Lipinski definition) is 1. The Morgan fingerprint density at radius 1 is 1.39 bits per heavy atom. The number of rotatable bonds is 4. The van der Waals surface area contributed by atoms with Crippen molar-refractivity contribution in [2.75, 3.05) is 0 Å². The van der Waals surface area contributed by atoms with Crippen molar-refractivity contribution < 1.29 is 4.52 Å². The molecule has 0 saturated heterocycles. The van der Waals surface area contributed by atoms with Gasteiger partial charge >= 0.3 is 0 Å².